The van der Waals surface area contributed by atoms with Crippen molar-refractivity contribution >= 4 is 15.9 Å². The maximum atomic E-state index is 5.86. The van der Waals surface area contributed by atoms with Crippen molar-refractivity contribution in [3.63, 3.8) is 0 Å². The van der Waals surface area contributed by atoms with Crippen molar-refractivity contribution in [1.82, 2.24) is 0 Å². The van der Waals surface area contributed by atoms with Crippen LogP contribution in [0.3, 0.4) is 0 Å². The van der Waals surface area contributed by atoms with Crippen LogP contribution in [0.25, 0.3) is 0 Å². The summed E-state index contributed by atoms with van der Waals surface area (Å²) in [4.78, 5) is 0. The molecule has 0 heterocycles. The SMILES string of the molecule is COCc1cccc(Br)c1C(C)N. The number of halogens is 1. The lowest BCUT2D eigenvalue weighted by Gasteiger charge is -2.13. The molecule has 1 rings (SSSR count). The van der Waals surface area contributed by atoms with Crippen LogP contribution in [0.2, 0.25) is 0 Å². The van der Waals surface area contributed by atoms with Crippen LogP contribution >= 0.6 is 15.9 Å². The average Bonchev–Trinajstić information content (AvgIpc) is 2.04. The summed E-state index contributed by atoms with van der Waals surface area (Å²) in [6.45, 7) is 2.58. The third kappa shape index (κ3) is 2.53. The van der Waals surface area contributed by atoms with Crippen molar-refractivity contribution in [3.8, 4) is 0 Å². The fourth-order valence-corrected chi connectivity index (χ4v) is 2.14. The van der Waals surface area contributed by atoms with E-state index >= 15 is 0 Å². The molecule has 1 atom stereocenters. The van der Waals surface area contributed by atoms with E-state index in [9.17, 15) is 0 Å². The summed E-state index contributed by atoms with van der Waals surface area (Å²) < 4.78 is 6.15. The van der Waals surface area contributed by atoms with Gasteiger partial charge in [0, 0.05) is 17.6 Å². The van der Waals surface area contributed by atoms with E-state index in [1.165, 1.54) is 0 Å². The summed E-state index contributed by atoms with van der Waals surface area (Å²) in [6, 6.07) is 6.05. The van der Waals surface area contributed by atoms with E-state index in [0.717, 1.165) is 15.6 Å². The molecule has 0 aliphatic heterocycles. The molecule has 2 N–H and O–H groups in total. The van der Waals surface area contributed by atoms with Gasteiger partial charge in [-0.05, 0) is 24.1 Å². The molecule has 0 amide bonds. The van der Waals surface area contributed by atoms with Crippen molar-refractivity contribution in [3.05, 3.63) is 33.8 Å². The van der Waals surface area contributed by atoms with E-state index < -0.39 is 0 Å². The summed E-state index contributed by atoms with van der Waals surface area (Å²) in [5.41, 5.74) is 8.13. The Hall–Kier alpha value is -0.380. The Labute approximate surface area is 87.2 Å². The van der Waals surface area contributed by atoms with Crippen LogP contribution < -0.4 is 5.73 Å². The lowest BCUT2D eigenvalue weighted by atomic mass is 10.0. The molecule has 0 saturated carbocycles. The molecule has 0 aliphatic carbocycles. The first-order valence-corrected chi connectivity index (χ1v) is 4.98. The van der Waals surface area contributed by atoms with Gasteiger partial charge in [0.2, 0.25) is 0 Å². The van der Waals surface area contributed by atoms with E-state index in [0.29, 0.717) is 6.61 Å². The van der Waals surface area contributed by atoms with E-state index in [-0.39, 0.29) is 6.04 Å². The molecule has 0 fully saturated rings. The highest BCUT2D eigenvalue weighted by molar-refractivity contribution is 9.10. The van der Waals surface area contributed by atoms with E-state index in [1.54, 1.807) is 7.11 Å². The van der Waals surface area contributed by atoms with Crippen LogP contribution in [0.5, 0.6) is 0 Å². The van der Waals surface area contributed by atoms with Crippen LogP contribution in [-0.2, 0) is 11.3 Å². The summed E-state index contributed by atoms with van der Waals surface area (Å²) in [5.74, 6) is 0. The van der Waals surface area contributed by atoms with Crippen molar-refractivity contribution in [1.29, 1.82) is 0 Å². The highest BCUT2D eigenvalue weighted by Gasteiger charge is 2.09. The quantitative estimate of drug-likeness (QED) is 0.886. The molecule has 13 heavy (non-hydrogen) atoms. The molecule has 72 valence electrons. The minimum absolute atomic E-state index is 0.0284. The zero-order valence-electron chi connectivity index (χ0n) is 7.88. The van der Waals surface area contributed by atoms with Crippen LogP contribution in [-0.4, -0.2) is 7.11 Å². The molecule has 1 aromatic rings. The molecule has 1 unspecified atom stereocenters. The predicted molar refractivity (Wildman–Crippen MR) is 57.5 cm³/mol. The molecule has 0 saturated heterocycles. The Morgan fingerprint density at radius 3 is 2.77 bits per heavy atom. The van der Waals surface area contributed by atoms with Gasteiger partial charge in [-0.3, -0.25) is 0 Å². The molecule has 0 bridgehead atoms. The fraction of sp³-hybridized carbons (Fsp3) is 0.400. The molecular formula is C10H14BrNO. The lowest BCUT2D eigenvalue weighted by Crippen LogP contribution is -2.09. The zero-order chi connectivity index (χ0) is 9.84. The van der Waals surface area contributed by atoms with E-state index in [2.05, 4.69) is 15.9 Å². The second kappa shape index (κ2) is 4.74. The monoisotopic (exact) mass is 243 g/mol. The van der Waals surface area contributed by atoms with Gasteiger partial charge in [0.15, 0.2) is 0 Å². The Morgan fingerprint density at radius 1 is 1.54 bits per heavy atom. The van der Waals surface area contributed by atoms with Crippen LogP contribution in [0.4, 0.5) is 0 Å². The third-order valence-electron chi connectivity index (χ3n) is 1.90. The molecule has 0 spiro atoms. The number of nitrogens with two attached hydrogens (primary N) is 1. The maximum Gasteiger partial charge on any atom is 0.0716 e. The Morgan fingerprint density at radius 2 is 2.23 bits per heavy atom. The van der Waals surface area contributed by atoms with Crippen LogP contribution in [0, 0.1) is 0 Å². The van der Waals surface area contributed by atoms with Crippen molar-refractivity contribution in [2.45, 2.75) is 19.6 Å². The molecule has 0 aromatic heterocycles. The Balaban J connectivity index is 3.10. The van der Waals surface area contributed by atoms with E-state index in [4.69, 9.17) is 10.5 Å². The number of ether oxygens (including phenoxy) is 1. The van der Waals surface area contributed by atoms with Gasteiger partial charge in [-0.15, -0.1) is 0 Å². The number of methoxy groups -OCH3 is 1. The van der Waals surface area contributed by atoms with Gasteiger partial charge >= 0.3 is 0 Å². The van der Waals surface area contributed by atoms with Crippen molar-refractivity contribution in [2.24, 2.45) is 5.73 Å². The summed E-state index contributed by atoms with van der Waals surface area (Å²) >= 11 is 3.48. The normalized spacial score (nSPS) is 12.9. The first-order valence-electron chi connectivity index (χ1n) is 4.18. The number of benzene rings is 1. The molecule has 0 radical (unpaired) electrons. The zero-order valence-corrected chi connectivity index (χ0v) is 9.47. The fourth-order valence-electron chi connectivity index (χ4n) is 1.37. The smallest absolute Gasteiger partial charge is 0.0716 e. The van der Waals surface area contributed by atoms with Gasteiger partial charge in [-0.2, -0.15) is 0 Å². The highest BCUT2D eigenvalue weighted by Crippen LogP contribution is 2.25. The van der Waals surface area contributed by atoms with Crippen LogP contribution in [0.1, 0.15) is 24.1 Å². The minimum Gasteiger partial charge on any atom is -0.380 e. The standard InChI is InChI=1S/C10H14BrNO/c1-7(12)10-8(6-13-2)4-3-5-9(10)11/h3-5,7H,6,12H2,1-2H3. The first-order chi connectivity index (χ1) is 6.16. The number of rotatable bonds is 3. The largest absolute Gasteiger partial charge is 0.380 e. The van der Waals surface area contributed by atoms with Gasteiger partial charge < -0.3 is 10.5 Å². The maximum absolute atomic E-state index is 5.86. The van der Waals surface area contributed by atoms with Gasteiger partial charge in [0.1, 0.15) is 0 Å². The lowest BCUT2D eigenvalue weighted by molar-refractivity contribution is 0.184. The number of hydrogen-bond acceptors (Lipinski definition) is 2. The Kier molecular flexibility index (Phi) is 3.90. The van der Waals surface area contributed by atoms with Gasteiger partial charge in [0.25, 0.3) is 0 Å². The van der Waals surface area contributed by atoms with Crippen molar-refractivity contribution in [2.75, 3.05) is 7.11 Å². The van der Waals surface area contributed by atoms with E-state index in [1.807, 2.05) is 25.1 Å². The molecule has 2 nitrogen and oxygen atoms in total. The number of hydrogen-bond donors (Lipinski definition) is 1. The van der Waals surface area contributed by atoms with Crippen molar-refractivity contribution < 1.29 is 4.74 Å². The van der Waals surface area contributed by atoms with Gasteiger partial charge in [0.05, 0.1) is 6.61 Å². The Bertz CT molecular complexity index is 286. The second-order valence-corrected chi connectivity index (χ2v) is 3.89. The first kappa shape index (κ1) is 10.7. The highest BCUT2D eigenvalue weighted by atomic mass is 79.9. The summed E-state index contributed by atoms with van der Waals surface area (Å²) in [6.07, 6.45) is 0. The summed E-state index contributed by atoms with van der Waals surface area (Å²) in [7, 11) is 1.69. The topological polar surface area (TPSA) is 35.2 Å². The molecule has 3 heteroatoms. The molecule has 1 aromatic carbocycles. The second-order valence-electron chi connectivity index (χ2n) is 3.03. The summed E-state index contributed by atoms with van der Waals surface area (Å²) in [5, 5.41) is 0. The molecular weight excluding hydrogens is 230 g/mol. The predicted octanol–water partition coefficient (Wildman–Crippen LogP) is 2.62. The molecule has 0 aliphatic rings. The minimum atomic E-state index is 0.0284. The third-order valence-corrected chi connectivity index (χ3v) is 2.59. The van der Waals surface area contributed by atoms with Crippen LogP contribution in [0.15, 0.2) is 22.7 Å². The van der Waals surface area contributed by atoms with Gasteiger partial charge in [-0.25, -0.2) is 0 Å². The van der Waals surface area contributed by atoms with Gasteiger partial charge in [-0.1, -0.05) is 28.1 Å². The average molecular weight is 244 g/mol.